The van der Waals surface area contributed by atoms with E-state index in [2.05, 4.69) is 101 Å². The third-order valence-corrected chi connectivity index (χ3v) is 30.2. The molecule has 0 heterocycles. The van der Waals surface area contributed by atoms with Gasteiger partial charge in [-0.1, -0.05) is 247 Å². The average molecular weight is 1180 g/mol. The highest BCUT2D eigenvalue weighted by molar-refractivity contribution is 6.89. The number of rotatable bonds is 56. The molecule has 0 rings (SSSR count). The summed E-state index contributed by atoms with van der Waals surface area (Å²) < 4.78 is 21.2. The van der Waals surface area contributed by atoms with E-state index in [1.54, 1.807) is 0 Å². The second-order valence-electron chi connectivity index (χ2n) is 26.6. The van der Waals surface area contributed by atoms with Crippen molar-refractivity contribution in [3.63, 3.8) is 0 Å². The minimum Gasteiger partial charge on any atom is -0.437 e. The lowest BCUT2D eigenvalue weighted by atomic mass is 9.98. The fraction of sp³-hybridized carbons (Fsp3) is 0.938. The minimum absolute atomic E-state index is 0.0111. The van der Waals surface area contributed by atoms with Crippen LogP contribution in [-0.2, 0) is 31.5 Å². The van der Waals surface area contributed by atoms with Gasteiger partial charge < -0.3 is 33.6 Å². The summed E-state index contributed by atoms with van der Waals surface area (Å²) in [6.45, 7) is 31.4. The number of amides is 4. The molecule has 0 spiro atoms. The largest absolute Gasteiger partial charge is 0.437 e. The van der Waals surface area contributed by atoms with Crippen LogP contribution in [-0.4, -0.2) is 82.6 Å². The van der Waals surface area contributed by atoms with Crippen LogP contribution >= 0.6 is 0 Å². The summed E-state index contributed by atoms with van der Waals surface area (Å²) in [5.41, 5.74) is 0. The molecule has 0 aromatic carbocycles. The molecule has 0 aromatic heterocycles. The van der Waals surface area contributed by atoms with E-state index in [1.807, 2.05) is 13.8 Å². The van der Waals surface area contributed by atoms with E-state index in [1.165, 1.54) is 180 Å². The van der Waals surface area contributed by atoms with Crippen LogP contribution in [0.4, 0.5) is 0 Å². The maximum absolute atomic E-state index is 13.6. The molecule has 0 bridgehead atoms. The van der Waals surface area contributed by atoms with Crippen LogP contribution in [0.25, 0.3) is 0 Å². The summed E-state index contributed by atoms with van der Waals surface area (Å²) in [5, 5.41) is 12.5. The van der Waals surface area contributed by atoms with Crippen molar-refractivity contribution in [2.45, 2.75) is 362 Å². The molecule has 6 atom stereocenters. The van der Waals surface area contributed by atoms with Crippen molar-refractivity contribution in [1.82, 2.24) is 21.3 Å². The predicted molar refractivity (Wildman–Crippen MR) is 349 cm³/mol. The molecule has 0 aliphatic carbocycles. The second kappa shape index (κ2) is 47.9. The zero-order chi connectivity index (χ0) is 59.3. The lowest BCUT2D eigenvalue weighted by Crippen LogP contribution is -2.58. The molecular weight excluding hydrogens is 1050 g/mol. The van der Waals surface area contributed by atoms with Gasteiger partial charge in [0.25, 0.3) is 0 Å². The predicted octanol–water partition coefficient (Wildman–Crippen LogP) is 18.2. The van der Waals surface area contributed by atoms with Gasteiger partial charge in [0.15, 0.2) is 16.6 Å². The van der Waals surface area contributed by atoms with E-state index >= 15 is 0 Å². The summed E-state index contributed by atoms with van der Waals surface area (Å²) in [6.07, 6.45) is 45.4. The first kappa shape index (κ1) is 77.6. The van der Waals surface area contributed by atoms with Crippen molar-refractivity contribution in [2.24, 2.45) is 11.8 Å². The van der Waals surface area contributed by atoms with Crippen LogP contribution in [0.1, 0.15) is 286 Å². The van der Waals surface area contributed by atoms with Gasteiger partial charge in [-0.25, -0.2) is 0 Å². The zero-order valence-electron chi connectivity index (χ0n) is 54.9. The first-order chi connectivity index (χ1) is 37.5. The van der Waals surface area contributed by atoms with Crippen molar-refractivity contribution in [3.8, 4) is 0 Å². The van der Waals surface area contributed by atoms with Gasteiger partial charge in [0.1, 0.15) is 12.1 Å². The monoisotopic (exact) mass is 1180 g/mol. The summed E-state index contributed by atoms with van der Waals surface area (Å²) in [5.74, 6) is -0.408. The van der Waals surface area contributed by atoms with Gasteiger partial charge in [0.2, 0.25) is 23.6 Å². The van der Waals surface area contributed by atoms with Crippen molar-refractivity contribution >= 4 is 57.4 Å². The van der Waals surface area contributed by atoms with Crippen LogP contribution < -0.4 is 21.3 Å². The Morgan fingerprint density at radius 3 is 0.810 bits per heavy atom. The maximum Gasteiger partial charge on any atom is 0.315 e. The quantitative estimate of drug-likeness (QED) is 0.0351. The smallest absolute Gasteiger partial charge is 0.315 e. The Hall–Kier alpha value is -1.37. The fourth-order valence-corrected chi connectivity index (χ4v) is 29.4. The Morgan fingerprint density at radius 2 is 0.582 bits per heavy atom. The topological polar surface area (TPSA) is 144 Å². The highest BCUT2D eigenvalue weighted by Gasteiger charge is 2.47. The highest BCUT2D eigenvalue weighted by Crippen LogP contribution is 2.32. The van der Waals surface area contributed by atoms with Crippen molar-refractivity contribution in [2.75, 3.05) is 13.1 Å². The molecule has 15 heteroatoms. The number of nitrogens with one attached hydrogen (secondary N) is 4. The molecule has 468 valence electrons. The van der Waals surface area contributed by atoms with Crippen LogP contribution in [0, 0.1) is 11.8 Å². The summed E-state index contributed by atoms with van der Waals surface area (Å²) >= 11 is 0. The van der Waals surface area contributed by atoms with E-state index in [0.717, 1.165) is 38.5 Å². The minimum atomic E-state index is -2.90. The van der Waals surface area contributed by atoms with Gasteiger partial charge in [-0.2, -0.15) is 0 Å². The first-order valence-electron chi connectivity index (χ1n) is 33.8. The lowest BCUT2D eigenvalue weighted by molar-refractivity contribution is -0.130. The molecule has 4 amide bonds. The molecule has 0 saturated carbocycles. The zero-order valence-corrected chi connectivity index (χ0v) is 58.9. The number of hydrogen-bond acceptors (Lipinski definition) is 7. The summed E-state index contributed by atoms with van der Waals surface area (Å²) in [4.78, 5) is 54.2. The molecule has 0 aromatic rings. The van der Waals surface area contributed by atoms with Gasteiger partial charge in [-0.05, 0) is 102 Å². The van der Waals surface area contributed by atoms with E-state index in [0.29, 0.717) is 38.0 Å². The Balaban J connectivity index is 5.09. The average Bonchev–Trinajstić information content (AvgIpc) is 3.37. The van der Waals surface area contributed by atoms with Gasteiger partial charge in [-0.3, -0.25) is 19.2 Å². The van der Waals surface area contributed by atoms with E-state index in [9.17, 15) is 19.2 Å². The first-order valence-corrected chi connectivity index (χ1v) is 45.6. The molecule has 2 unspecified atom stereocenters. The molecule has 79 heavy (non-hydrogen) atoms. The molecular formula is C64H134N4O7Si4. The Bertz CT molecular complexity index is 1410. The van der Waals surface area contributed by atoms with Crippen LogP contribution in [0.15, 0.2) is 0 Å². The van der Waals surface area contributed by atoms with E-state index < -0.39 is 45.8 Å². The van der Waals surface area contributed by atoms with Gasteiger partial charge in [0.05, 0.1) is 0 Å². The molecule has 0 saturated heterocycles. The standard InChI is InChI=1S/C64H134N4O7Si4/c1-15-19-21-23-25-27-29-31-33-35-37-39-41-43-45-47-53-65-63(71)61(57(5)17-3)67-59(69)51-49-55-78(13,73-76(7,8)9)75-79(14,74-77(10,11)12)56-50-52-60(70)68-62(58(6)18-4)64(72)66-54-48-46-44-42-40-38-36-34-32-30-28-26-24-22-20-16-2/h57-58,61-62H,15-56H2,1-14H3,(H,65,71)(H,66,72)(H,67,69)(H,68,70)/t57-,58-,61-,62-,78?,79?/m0/s1. The number of hydrogen-bond donors (Lipinski definition) is 4. The lowest BCUT2D eigenvalue weighted by Gasteiger charge is -2.43. The normalized spacial score (nSPS) is 15.2. The second-order valence-corrected chi connectivity index (χ2v) is 43.0. The Kier molecular flexibility index (Phi) is 47.1. The third kappa shape index (κ3) is 45.7. The van der Waals surface area contributed by atoms with Crippen LogP contribution in [0.3, 0.4) is 0 Å². The molecule has 0 aliphatic rings. The van der Waals surface area contributed by atoms with Crippen molar-refractivity contribution in [1.29, 1.82) is 0 Å². The molecule has 0 aliphatic heterocycles. The summed E-state index contributed by atoms with van der Waals surface area (Å²) in [7, 11) is -9.98. The number of carbonyl (C=O) groups excluding carboxylic acids is 4. The van der Waals surface area contributed by atoms with E-state index in [-0.39, 0.29) is 48.3 Å². The van der Waals surface area contributed by atoms with Crippen LogP contribution in [0.5, 0.6) is 0 Å². The third-order valence-electron chi connectivity index (χ3n) is 15.8. The van der Waals surface area contributed by atoms with Gasteiger partial charge in [0, 0.05) is 25.9 Å². The Morgan fingerprint density at radius 1 is 0.342 bits per heavy atom. The maximum atomic E-state index is 13.6. The summed E-state index contributed by atoms with van der Waals surface area (Å²) in [6, 6.07) is 0.0945. The molecule has 11 nitrogen and oxygen atoms in total. The van der Waals surface area contributed by atoms with Gasteiger partial charge >= 0.3 is 17.1 Å². The van der Waals surface area contributed by atoms with E-state index in [4.69, 9.17) is 12.3 Å². The van der Waals surface area contributed by atoms with Crippen LogP contribution in [0.2, 0.25) is 64.5 Å². The molecule has 4 N–H and O–H groups in total. The number of unbranched alkanes of at least 4 members (excludes halogenated alkanes) is 30. The van der Waals surface area contributed by atoms with Crippen molar-refractivity contribution in [3.05, 3.63) is 0 Å². The fourth-order valence-electron chi connectivity index (χ4n) is 11.0. The molecule has 0 fully saturated rings. The highest BCUT2D eigenvalue weighted by atomic mass is 28.5. The Labute approximate surface area is 494 Å². The number of carbonyl (C=O) groups is 4. The SMILES string of the molecule is CCCCCCCCCCCCCCCCCCNC(=O)[C@@H](NC(=O)CCC[Si](C)(O[Si](C)(C)C)O[Si](C)(CCCC(=O)N[C@H](C(=O)NCCCCCCCCCCCCCCCCCC)[C@@H](C)CC)O[Si](C)(C)C)[C@@H](C)CC. The van der Waals surface area contributed by atoms with Gasteiger partial charge in [-0.15, -0.1) is 0 Å². The van der Waals surface area contributed by atoms with Crippen molar-refractivity contribution < 1.29 is 31.5 Å². The molecule has 0 radical (unpaired) electrons.